The van der Waals surface area contributed by atoms with Crippen molar-refractivity contribution in [2.24, 2.45) is 0 Å². The van der Waals surface area contributed by atoms with E-state index < -0.39 is 0 Å². The molecule has 0 atom stereocenters. The fraction of sp³-hybridized carbons (Fsp3) is 0.333. The van der Waals surface area contributed by atoms with Crippen LogP contribution in [0, 0.1) is 0 Å². The third-order valence-corrected chi connectivity index (χ3v) is 7.58. The molecule has 0 radical (unpaired) electrons. The first-order valence-corrected chi connectivity index (χ1v) is 14.3. The molecule has 10 heteroatoms. The second kappa shape index (κ2) is 12.7. The Morgan fingerprint density at radius 3 is 2.51 bits per heavy atom. The normalized spacial score (nSPS) is 12.7. The van der Waals surface area contributed by atoms with Gasteiger partial charge < -0.3 is 14.1 Å². The number of benzene rings is 2. The molecular weight excluding hydrogens is 506 g/mol. The zero-order valence-electron chi connectivity index (χ0n) is 21.5. The summed E-state index contributed by atoms with van der Waals surface area (Å²) in [4.78, 5) is 23.5. The molecule has 0 aliphatic carbocycles. The van der Waals surface area contributed by atoms with Crippen LogP contribution < -0.4 is 4.74 Å². The number of carbonyl (C=O) groups excluding carboxylic acids is 1. The number of thioether (sulfide) groups is 1. The van der Waals surface area contributed by atoms with E-state index in [9.17, 15) is 4.79 Å². The predicted molar refractivity (Wildman–Crippen MR) is 150 cm³/mol. The monoisotopic (exact) mass is 537 g/mol. The Balaban J connectivity index is 0.000000174. The lowest BCUT2D eigenvalue weighted by atomic mass is 10.1. The Morgan fingerprint density at radius 2 is 1.84 bits per heavy atom. The summed E-state index contributed by atoms with van der Waals surface area (Å²) in [5.41, 5.74) is 3.16. The number of hydrogen-bond acceptors (Lipinski definition) is 8. The second-order valence-corrected chi connectivity index (χ2v) is 10.0. The molecule has 4 heterocycles. The van der Waals surface area contributed by atoms with Gasteiger partial charge in [-0.15, -0.1) is 5.10 Å². The number of amides is 1. The highest BCUT2D eigenvalue weighted by atomic mass is 32.2. The summed E-state index contributed by atoms with van der Waals surface area (Å²) in [6.45, 7) is 5.90. The number of nitrogens with zero attached hydrogens (tertiary/aromatic N) is 5. The van der Waals surface area contributed by atoms with Crippen LogP contribution in [0.2, 0.25) is 0 Å². The van der Waals surface area contributed by atoms with Crippen LogP contribution in [-0.2, 0) is 11.2 Å². The highest BCUT2D eigenvalue weighted by molar-refractivity contribution is 8.00. The summed E-state index contributed by atoms with van der Waals surface area (Å²) in [6, 6.07) is 15.5. The summed E-state index contributed by atoms with van der Waals surface area (Å²) in [5, 5.41) is 4.41. The molecule has 0 N–H and O–H groups in total. The largest absolute Gasteiger partial charge is 0.494 e. The van der Waals surface area contributed by atoms with Gasteiger partial charge in [0.05, 0.1) is 19.7 Å². The molecule has 8 nitrogen and oxygen atoms in total. The SMILES string of the molecule is CC.COc1cccc2oc(-c3cn4nc(SC)sc4n3)nc12.O=C(Cc1ccccc1)N1CCCC1. The number of rotatable bonds is 5. The van der Waals surface area contributed by atoms with Crippen molar-refractivity contribution in [1.29, 1.82) is 0 Å². The van der Waals surface area contributed by atoms with Gasteiger partial charge in [-0.25, -0.2) is 14.5 Å². The first kappa shape index (κ1) is 26.7. The molecule has 1 aliphatic rings. The zero-order chi connectivity index (χ0) is 26.2. The van der Waals surface area contributed by atoms with Crippen molar-refractivity contribution in [2.75, 3.05) is 26.5 Å². The van der Waals surface area contributed by atoms with Crippen molar-refractivity contribution in [3.63, 3.8) is 0 Å². The molecule has 194 valence electrons. The highest BCUT2D eigenvalue weighted by Crippen LogP contribution is 2.31. The van der Waals surface area contributed by atoms with Gasteiger partial charge >= 0.3 is 0 Å². The van der Waals surface area contributed by atoms with E-state index in [1.54, 1.807) is 23.4 Å². The molecule has 3 aromatic heterocycles. The van der Waals surface area contributed by atoms with Crippen LogP contribution in [0.15, 0.2) is 63.5 Å². The number of ether oxygens (including phenoxy) is 1. The summed E-state index contributed by atoms with van der Waals surface area (Å²) in [5.74, 6) is 1.43. The topological polar surface area (TPSA) is 85.8 Å². The molecule has 1 saturated heterocycles. The van der Waals surface area contributed by atoms with Crippen LogP contribution in [0.25, 0.3) is 27.6 Å². The molecule has 6 rings (SSSR count). The zero-order valence-corrected chi connectivity index (χ0v) is 23.1. The van der Waals surface area contributed by atoms with Gasteiger partial charge in [0.25, 0.3) is 0 Å². The van der Waals surface area contributed by atoms with Crippen molar-refractivity contribution in [3.05, 3.63) is 60.3 Å². The van der Waals surface area contributed by atoms with E-state index in [-0.39, 0.29) is 5.91 Å². The van der Waals surface area contributed by atoms with E-state index in [0.29, 0.717) is 34.9 Å². The van der Waals surface area contributed by atoms with Crippen molar-refractivity contribution in [3.8, 4) is 17.3 Å². The van der Waals surface area contributed by atoms with Gasteiger partial charge in [-0.2, -0.15) is 0 Å². The minimum atomic E-state index is 0.272. The fourth-order valence-corrected chi connectivity index (χ4v) is 5.26. The molecule has 0 saturated carbocycles. The molecule has 0 bridgehead atoms. The number of fused-ring (bicyclic) bond motifs is 2. The summed E-state index contributed by atoms with van der Waals surface area (Å²) >= 11 is 3.14. The Bertz CT molecular complexity index is 1410. The van der Waals surface area contributed by atoms with E-state index in [4.69, 9.17) is 9.15 Å². The Morgan fingerprint density at radius 1 is 1.08 bits per heavy atom. The van der Waals surface area contributed by atoms with Crippen molar-refractivity contribution < 1.29 is 13.9 Å². The maximum absolute atomic E-state index is 11.7. The lowest BCUT2D eigenvalue weighted by Gasteiger charge is -2.14. The lowest BCUT2D eigenvalue weighted by molar-refractivity contribution is -0.129. The van der Waals surface area contributed by atoms with Gasteiger partial charge in [-0.3, -0.25) is 4.79 Å². The van der Waals surface area contributed by atoms with Gasteiger partial charge in [0.1, 0.15) is 11.4 Å². The standard InChI is InChI=1S/C13H10N4O2S2.C12H15NO.C2H6/c1-18-8-4-3-5-9-10(8)15-11(19-9)7-6-17-12(14-7)21-13(16-17)20-2;14-12(13-8-4-5-9-13)10-11-6-2-1-3-7-11;1-2/h3-6H,1-2H3;1-3,6-7H,4-5,8-10H2;1-2H3. The molecule has 1 amide bonds. The number of likely N-dealkylation sites (tertiary alicyclic amines) is 1. The maximum atomic E-state index is 11.7. The molecular formula is C27H31N5O3S2. The van der Waals surface area contributed by atoms with Gasteiger partial charge in [-0.05, 0) is 36.8 Å². The van der Waals surface area contributed by atoms with Crippen LogP contribution in [0.1, 0.15) is 32.3 Å². The molecule has 1 aliphatic heterocycles. The fourth-order valence-electron chi connectivity index (χ4n) is 3.91. The number of imidazole rings is 1. The first-order valence-electron chi connectivity index (χ1n) is 12.3. The summed E-state index contributed by atoms with van der Waals surface area (Å²) in [6.07, 6.45) is 6.71. The Kier molecular flexibility index (Phi) is 9.19. The minimum Gasteiger partial charge on any atom is -0.494 e. The van der Waals surface area contributed by atoms with Crippen LogP contribution >= 0.6 is 23.1 Å². The number of hydrogen-bond donors (Lipinski definition) is 0. The van der Waals surface area contributed by atoms with E-state index >= 15 is 0 Å². The Labute approximate surface area is 224 Å². The lowest BCUT2D eigenvalue weighted by Crippen LogP contribution is -2.28. The van der Waals surface area contributed by atoms with Crippen LogP contribution in [-0.4, -0.2) is 56.8 Å². The van der Waals surface area contributed by atoms with Gasteiger partial charge in [-0.1, -0.05) is 73.3 Å². The first-order chi connectivity index (χ1) is 18.1. The number of carbonyl (C=O) groups is 1. The third kappa shape index (κ3) is 6.31. The van der Waals surface area contributed by atoms with E-state index in [1.807, 2.05) is 79.7 Å². The summed E-state index contributed by atoms with van der Waals surface area (Å²) in [7, 11) is 1.61. The van der Waals surface area contributed by atoms with Gasteiger partial charge in [0.2, 0.25) is 16.8 Å². The van der Waals surface area contributed by atoms with E-state index in [1.165, 1.54) is 24.2 Å². The molecule has 1 fully saturated rings. The average Bonchev–Trinajstić information content (AvgIpc) is 3.73. The smallest absolute Gasteiger partial charge is 0.248 e. The quantitative estimate of drug-likeness (QED) is 0.247. The molecule has 0 unspecified atom stereocenters. The molecule has 0 spiro atoms. The van der Waals surface area contributed by atoms with Crippen molar-refractivity contribution in [1.82, 2.24) is 24.5 Å². The average molecular weight is 538 g/mol. The maximum Gasteiger partial charge on any atom is 0.248 e. The van der Waals surface area contributed by atoms with Crippen molar-refractivity contribution in [2.45, 2.75) is 37.4 Å². The van der Waals surface area contributed by atoms with E-state index in [0.717, 1.165) is 28.0 Å². The van der Waals surface area contributed by atoms with Crippen molar-refractivity contribution >= 4 is 45.1 Å². The number of aromatic nitrogens is 4. The Hall–Kier alpha value is -3.37. The number of para-hydroxylation sites is 1. The minimum absolute atomic E-state index is 0.272. The van der Waals surface area contributed by atoms with Crippen LogP contribution in [0.3, 0.4) is 0 Å². The van der Waals surface area contributed by atoms with Gasteiger partial charge in [0, 0.05) is 13.1 Å². The van der Waals surface area contributed by atoms with Gasteiger partial charge in [0.15, 0.2) is 15.4 Å². The summed E-state index contributed by atoms with van der Waals surface area (Å²) < 4.78 is 13.8. The third-order valence-electron chi connectivity index (χ3n) is 5.68. The second-order valence-electron chi connectivity index (χ2n) is 8.00. The van der Waals surface area contributed by atoms with Crippen LogP contribution in [0.5, 0.6) is 5.75 Å². The molecule has 2 aromatic carbocycles. The predicted octanol–water partition coefficient (Wildman–Crippen LogP) is 6.21. The molecule has 5 aromatic rings. The highest BCUT2D eigenvalue weighted by Gasteiger charge is 2.18. The number of oxazole rings is 1. The number of methoxy groups -OCH3 is 1. The van der Waals surface area contributed by atoms with Crippen LogP contribution in [0.4, 0.5) is 0 Å². The molecule has 37 heavy (non-hydrogen) atoms. The van der Waals surface area contributed by atoms with E-state index in [2.05, 4.69) is 15.1 Å².